The predicted molar refractivity (Wildman–Crippen MR) is 86.3 cm³/mol. The quantitative estimate of drug-likeness (QED) is 0.676. The van der Waals surface area contributed by atoms with E-state index in [-0.39, 0.29) is 5.78 Å². The van der Waals surface area contributed by atoms with Gasteiger partial charge in [0, 0.05) is 11.3 Å². The molecule has 0 aromatic heterocycles. The number of halogens is 1. The minimum Gasteiger partial charge on any atom is -0.495 e. The molecule has 2 N–H and O–H groups in total. The number of hydrogen-bond acceptors (Lipinski definition) is 4. The summed E-state index contributed by atoms with van der Waals surface area (Å²) in [4.78, 5) is 12.7. The molecule has 2 aromatic carbocycles. The summed E-state index contributed by atoms with van der Waals surface area (Å²) in [5, 5.41) is 0. The molecular formula is C16H16BrNO3. The van der Waals surface area contributed by atoms with E-state index in [1.807, 2.05) is 13.0 Å². The van der Waals surface area contributed by atoms with Gasteiger partial charge >= 0.3 is 0 Å². The van der Waals surface area contributed by atoms with E-state index in [9.17, 15) is 4.79 Å². The van der Waals surface area contributed by atoms with Crippen LogP contribution < -0.4 is 15.2 Å². The van der Waals surface area contributed by atoms with Crippen LogP contribution in [0, 0.1) is 6.92 Å². The molecule has 0 bridgehead atoms. The van der Waals surface area contributed by atoms with Gasteiger partial charge in [0.25, 0.3) is 0 Å². The summed E-state index contributed by atoms with van der Waals surface area (Å²) in [6.45, 7) is 1.91. The second kappa shape index (κ2) is 6.18. The normalized spacial score (nSPS) is 10.3. The van der Waals surface area contributed by atoms with E-state index in [1.165, 1.54) is 7.11 Å². The lowest BCUT2D eigenvalue weighted by Gasteiger charge is -2.13. The molecule has 21 heavy (non-hydrogen) atoms. The lowest BCUT2D eigenvalue weighted by atomic mass is 9.99. The first-order chi connectivity index (χ1) is 9.99. The fraction of sp³-hybridized carbons (Fsp3) is 0.188. The van der Waals surface area contributed by atoms with Gasteiger partial charge in [-0.2, -0.15) is 0 Å². The summed E-state index contributed by atoms with van der Waals surface area (Å²) < 4.78 is 11.2. The highest BCUT2D eigenvalue weighted by Crippen LogP contribution is 2.38. The van der Waals surface area contributed by atoms with E-state index in [0.717, 1.165) is 5.56 Å². The zero-order chi connectivity index (χ0) is 15.6. The lowest BCUT2D eigenvalue weighted by molar-refractivity contribution is 0.103. The van der Waals surface area contributed by atoms with Gasteiger partial charge in [0.1, 0.15) is 16.0 Å². The Morgan fingerprint density at radius 2 is 1.81 bits per heavy atom. The van der Waals surface area contributed by atoms with Gasteiger partial charge in [-0.25, -0.2) is 0 Å². The third kappa shape index (κ3) is 2.88. The van der Waals surface area contributed by atoms with Gasteiger partial charge in [-0.3, -0.25) is 4.79 Å². The van der Waals surface area contributed by atoms with Crippen LogP contribution in [-0.2, 0) is 0 Å². The van der Waals surface area contributed by atoms with Gasteiger partial charge < -0.3 is 15.2 Å². The highest BCUT2D eigenvalue weighted by molar-refractivity contribution is 9.10. The SMILES string of the molecule is COc1ccc(C(=O)c2cc(C)ccc2N)c(OC)c1Br. The van der Waals surface area contributed by atoms with Gasteiger partial charge in [0.05, 0.1) is 19.8 Å². The molecule has 0 aliphatic rings. The summed E-state index contributed by atoms with van der Waals surface area (Å²) in [6, 6.07) is 8.76. The van der Waals surface area contributed by atoms with Crippen LogP contribution in [0.3, 0.4) is 0 Å². The van der Waals surface area contributed by atoms with E-state index in [2.05, 4.69) is 15.9 Å². The average molecular weight is 350 g/mol. The molecule has 0 radical (unpaired) electrons. The molecule has 4 nitrogen and oxygen atoms in total. The van der Waals surface area contributed by atoms with Crippen LogP contribution in [0.25, 0.3) is 0 Å². The highest BCUT2D eigenvalue weighted by Gasteiger charge is 2.21. The van der Waals surface area contributed by atoms with Crippen LogP contribution in [0.5, 0.6) is 11.5 Å². The number of ketones is 1. The Bertz CT molecular complexity index is 698. The van der Waals surface area contributed by atoms with E-state index in [0.29, 0.717) is 32.8 Å². The van der Waals surface area contributed by atoms with Gasteiger partial charge in [-0.1, -0.05) is 11.6 Å². The Balaban J connectivity index is 2.58. The van der Waals surface area contributed by atoms with Crippen molar-refractivity contribution in [3.63, 3.8) is 0 Å². The number of carbonyl (C=O) groups excluding carboxylic acids is 1. The second-order valence-electron chi connectivity index (χ2n) is 4.58. The van der Waals surface area contributed by atoms with E-state index in [1.54, 1.807) is 31.4 Å². The van der Waals surface area contributed by atoms with Crippen molar-refractivity contribution in [2.75, 3.05) is 20.0 Å². The van der Waals surface area contributed by atoms with Crippen molar-refractivity contribution < 1.29 is 14.3 Å². The summed E-state index contributed by atoms with van der Waals surface area (Å²) in [7, 11) is 3.06. The molecule has 5 heteroatoms. The molecule has 0 spiro atoms. The maximum absolute atomic E-state index is 12.7. The Kier molecular flexibility index (Phi) is 4.53. The maximum atomic E-state index is 12.7. The lowest BCUT2D eigenvalue weighted by Crippen LogP contribution is -2.08. The van der Waals surface area contributed by atoms with Crippen molar-refractivity contribution >= 4 is 27.4 Å². The number of carbonyl (C=O) groups is 1. The van der Waals surface area contributed by atoms with E-state index < -0.39 is 0 Å². The number of benzene rings is 2. The molecule has 2 rings (SSSR count). The number of rotatable bonds is 4. The van der Waals surface area contributed by atoms with E-state index in [4.69, 9.17) is 15.2 Å². The van der Waals surface area contributed by atoms with Crippen LogP contribution in [-0.4, -0.2) is 20.0 Å². The van der Waals surface area contributed by atoms with Crippen LogP contribution >= 0.6 is 15.9 Å². The first-order valence-corrected chi connectivity index (χ1v) is 7.10. The second-order valence-corrected chi connectivity index (χ2v) is 5.38. The summed E-state index contributed by atoms with van der Waals surface area (Å²) in [6.07, 6.45) is 0. The standard InChI is InChI=1S/C16H16BrNO3/c1-9-4-6-12(18)11(8-9)15(19)10-5-7-13(20-2)14(17)16(10)21-3/h4-8H,18H2,1-3H3. The van der Waals surface area contributed by atoms with Gasteiger partial charge in [-0.15, -0.1) is 0 Å². The number of anilines is 1. The molecule has 0 aliphatic heterocycles. The van der Waals surface area contributed by atoms with Crippen molar-refractivity contribution in [2.24, 2.45) is 0 Å². The monoisotopic (exact) mass is 349 g/mol. The van der Waals surface area contributed by atoms with E-state index >= 15 is 0 Å². The van der Waals surface area contributed by atoms with Gasteiger partial charge in [0.2, 0.25) is 0 Å². The number of methoxy groups -OCH3 is 2. The van der Waals surface area contributed by atoms with Crippen LogP contribution in [0.15, 0.2) is 34.8 Å². The topological polar surface area (TPSA) is 61.5 Å². The van der Waals surface area contributed by atoms with Crippen LogP contribution in [0.4, 0.5) is 5.69 Å². The zero-order valence-corrected chi connectivity index (χ0v) is 13.7. The first-order valence-electron chi connectivity index (χ1n) is 6.31. The third-order valence-corrected chi connectivity index (χ3v) is 3.93. The maximum Gasteiger partial charge on any atom is 0.198 e. The average Bonchev–Trinajstić information content (AvgIpc) is 2.48. The zero-order valence-electron chi connectivity index (χ0n) is 12.1. The Hall–Kier alpha value is -2.01. The number of ether oxygens (including phenoxy) is 2. The molecule has 0 heterocycles. The molecule has 110 valence electrons. The fourth-order valence-electron chi connectivity index (χ4n) is 2.09. The van der Waals surface area contributed by atoms with Gasteiger partial charge in [0.15, 0.2) is 5.78 Å². The summed E-state index contributed by atoms with van der Waals surface area (Å²) >= 11 is 3.39. The number of nitrogens with two attached hydrogens (primary N) is 1. The van der Waals surface area contributed by atoms with Gasteiger partial charge in [-0.05, 0) is 47.1 Å². The molecule has 0 aliphatic carbocycles. The molecule has 2 aromatic rings. The first kappa shape index (κ1) is 15.4. The Morgan fingerprint density at radius 3 is 2.43 bits per heavy atom. The van der Waals surface area contributed by atoms with Crippen molar-refractivity contribution in [3.8, 4) is 11.5 Å². The molecule has 0 unspecified atom stereocenters. The molecule has 0 fully saturated rings. The Labute approximate surface area is 132 Å². The third-order valence-electron chi connectivity index (χ3n) is 3.18. The fourth-order valence-corrected chi connectivity index (χ4v) is 2.76. The minimum absolute atomic E-state index is 0.184. The van der Waals surface area contributed by atoms with Crippen molar-refractivity contribution in [3.05, 3.63) is 51.5 Å². The van der Waals surface area contributed by atoms with Crippen LogP contribution in [0.2, 0.25) is 0 Å². The van der Waals surface area contributed by atoms with Crippen molar-refractivity contribution in [1.82, 2.24) is 0 Å². The number of nitrogen functional groups attached to an aromatic ring is 1. The van der Waals surface area contributed by atoms with Crippen molar-refractivity contribution in [2.45, 2.75) is 6.92 Å². The number of hydrogen-bond donors (Lipinski definition) is 1. The predicted octanol–water partition coefficient (Wildman–Crippen LogP) is 3.59. The smallest absolute Gasteiger partial charge is 0.198 e. The Morgan fingerprint density at radius 1 is 1.10 bits per heavy atom. The summed E-state index contributed by atoms with van der Waals surface area (Å²) in [5.74, 6) is 0.845. The molecule has 0 saturated carbocycles. The molecular weight excluding hydrogens is 334 g/mol. The molecule has 0 atom stereocenters. The molecule has 0 amide bonds. The van der Waals surface area contributed by atoms with Crippen LogP contribution in [0.1, 0.15) is 21.5 Å². The minimum atomic E-state index is -0.184. The van der Waals surface area contributed by atoms with Crippen molar-refractivity contribution in [1.29, 1.82) is 0 Å². The summed E-state index contributed by atoms with van der Waals surface area (Å²) in [5.41, 5.74) is 8.23. The largest absolute Gasteiger partial charge is 0.495 e. The number of aryl methyl sites for hydroxylation is 1. The highest BCUT2D eigenvalue weighted by atomic mass is 79.9. The molecule has 0 saturated heterocycles.